The van der Waals surface area contributed by atoms with Crippen molar-refractivity contribution < 1.29 is 13.9 Å². The number of aryl methyl sites for hydroxylation is 1. The Morgan fingerprint density at radius 2 is 2.00 bits per heavy atom. The van der Waals surface area contributed by atoms with Gasteiger partial charge in [0.25, 0.3) is 0 Å². The zero-order valence-corrected chi connectivity index (χ0v) is 15.7. The Hall–Kier alpha value is -3.02. The molecule has 1 aromatic heterocycles. The summed E-state index contributed by atoms with van der Waals surface area (Å²) in [7, 11) is 0. The number of amides is 1. The number of carbonyl (C=O) groups excluding carboxylic acids is 1. The number of benzene rings is 2. The molecule has 3 aromatic rings. The fraction of sp³-hybridized carbons (Fsp3) is 0.333. The zero-order valence-electron chi connectivity index (χ0n) is 15.7. The molecule has 140 valence electrons. The van der Waals surface area contributed by atoms with Gasteiger partial charge < -0.3 is 19.4 Å². The lowest BCUT2D eigenvalue weighted by Gasteiger charge is -2.40. The normalized spacial score (nSPS) is 15.4. The number of hydrogen-bond acceptors (Lipinski definition) is 5. The van der Waals surface area contributed by atoms with Gasteiger partial charge in [-0.05, 0) is 42.8 Å². The molecule has 0 aliphatic carbocycles. The summed E-state index contributed by atoms with van der Waals surface area (Å²) in [5.41, 5.74) is 3.90. The predicted molar refractivity (Wildman–Crippen MR) is 104 cm³/mol. The topological polar surface area (TPSA) is 67.6 Å². The average molecular weight is 365 g/mol. The summed E-state index contributed by atoms with van der Waals surface area (Å²) in [6, 6.07) is 14.0. The third kappa shape index (κ3) is 3.74. The van der Waals surface area contributed by atoms with Crippen LogP contribution in [-0.2, 0) is 4.79 Å². The highest BCUT2D eigenvalue weighted by atomic mass is 16.5. The van der Waals surface area contributed by atoms with Crippen LogP contribution < -0.4 is 15.0 Å². The first-order chi connectivity index (χ1) is 13.0. The third-order valence-corrected chi connectivity index (χ3v) is 4.79. The smallest absolute Gasteiger partial charge is 0.217 e. The maximum atomic E-state index is 11.2. The van der Waals surface area contributed by atoms with Gasteiger partial charge in [-0.3, -0.25) is 4.79 Å². The van der Waals surface area contributed by atoms with E-state index in [0.29, 0.717) is 5.89 Å². The number of nitrogens with one attached hydrogen (secondary N) is 1. The van der Waals surface area contributed by atoms with E-state index in [2.05, 4.69) is 27.3 Å². The molecule has 1 saturated heterocycles. The van der Waals surface area contributed by atoms with E-state index >= 15 is 0 Å². The lowest BCUT2D eigenvalue weighted by atomic mass is 10.1. The van der Waals surface area contributed by atoms with Crippen molar-refractivity contribution in [3.63, 3.8) is 0 Å². The molecule has 0 saturated carbocycles. The summed E-state index contributed by atoms with van der Waals surface area (Å²) in [6.07, 6.45) is 0.165. The first-order valence-corrected chi connectivity index (χ1v) is 9.14. The Morgan fingerprint density at radius 1 is 1.26 bits per heavy atom. The molecule has 1 unspecified atom stereocenters. The van der Waals surface area contributed by atoms with Crippen LogP contribution in [0.15, 0.2) is 46.9 Å². The fourth-order valence-electron chi connectivity index (χ4n) is 3.37. The number of carbonyl (C=O) groups is 1. The highest BCUT2D eigenvalue weighted by Gasteiger charge is 2.29. The Balaban J connectivity index is 1.33. The Labute approximate surface area is 158 Å². The van der Waals surface area contributed by atoms with Gasteiger partial charge >= 0.3 is 0 Å². The quantitative estimate of drug-likeness (QED) is 0.748. The predicted octanol–water partition coefficient (Wildman–Crippen LogP) is 3.60. The SMILES string of the molecule is CC(=O)NC(C)c1ccc(OC2CN(c3ccc4oc(C)nc4c3)C2)cc1. The van der Waals surface area contributed by atoms with Gasteiger partial charge in [0.05, 0.1) is 19.1 Å². The Morgan fingerprint density at radius 3 is 2.70 bits per heavy atom. The standard InChI is InChI=1S/C21H23N3O3/c1-13(22-14(2)25)16-4-7-18(8-5-16)27-19-11-24(12-19)17-6-9-21-20(10-17)23-15(3)26-21/h4-10,13,19H,11-12H2,1-3H3,(H,22,25). The summed E-state index contributed by atoms with van der Waals surface area (Å²) < 4.78 is 11.6. The first kappa shape index (κ1) is 17.4. The van der Waals surface area contributed by atoms with Crippen LogP contribution in [0.1, 0.15) is 31.3 Å². The number of aromatic nitrogens is 1. The van der Waals surface area contributed by atoms with Crippen molar-refractivity contribution in [3.8, 4) is 5.75 Å². The van der Waals surface area contributed by atoms with E-state index in [9.17, 15) is 4.79 Å². The molecule has 6 nitrogen and oxygen atoms in total. The Bertz CT molecular complexity index is 958. The monoisotopic (exact) mass is 365 g/mol. The molecule has 1 N–H and O–H groups in total. The van der Waals surface area contributed by atoms with Gasteiger partial charge in [-0.15, -0.1) is 0 Å². The minimum Gasteiger partial charge on any atom is -0.487 e. The maximum absolute atomic E-state index is 11.2. The van der Waals surface area contributed by atoms with Gasteiger partial charge in [0.2, 0.25) is 5.91 Å². The second-order valence-electron chi connectivity index (χ2n) is 7.02. The van der Waals surface area contributed by atoms with Gasteiger partial charge in [0, 0.05) is 19.5 Å². The van der Waals surface area contributed by atoms with E-state index in [-0.39, 0.29) is 18.1 Å². The van der Waals surface area contributed by atoms with Gasteiger partial charge in [0.1, 0.15) is 17.4 Å². The average Bonchev–Trinajstić information content (AvgIpc) is 2.96. The van der Waals surface area contributed by atoms with Crippen molar-refractivity contribution in [2.24, 2.45) is 0 Å². The van der Waals surface area contributed by atoms with Crippen molar-refractivity contribution in [2.45, 2.75) is 32.9 Å². The molecule has 0 bridgehead atoms. The molecule has 27 heavy (non-hydrogen) atoms. The number of hydrogen-bond donors (Lipinski definition) is 1. The minimum atomic E-state index is -0.0312. The van der Waals surface area contributed by atoms with Crippen LogP contribution in [0.3, 0.4) is 0 Å². The molecular weight excluding hydrogens is 342 g/mol. The minimum absolute atomic E-state index is 0.00849. The summed E-state index contributed by atoms with van der Waals surface area (Å²) in [5, 5.41) is 2.88. The maximum Gasteiger partial charge on any atom is 0.217 e. The van der Waals surface area contributed by atoms with E-state index in [1.807, 2.05) is 44.2 Å². The molecule has 6 heteroatoms. The molecule has 1 aliphatic rings. The lowest BCUT2D eigenvalue weighted by molar-refractivity contribution is -0.119. The van der Waals surface area contributed by atoms with Crippen LogP contribution >= 0.6 is 0 Å². The van der Waals surface area contributed by atoms with Gasteiger partial charge in [-0.2, -0.15) is 0 Å². The molecular formula is C21H23N3O3. The number of nitrogens with zero attached hydrogens (tertiary/aromatic N) is 2. The summed E-state index contributed by atoms with van der Waals surface area (Å²) >= 11 is 0. The van der Waals surface area contributed by atoms with Crippen LogP contribution in [0.25, 0.3) is 11.1 Å². The molecule has 2 aromatic carbocycles. The molecule has 0 spiro atoms. The molecule has 1 amide bonds. The summed E-state index contributed by atoms with van der Waals surface area (Å²) in [4.78, 5) is 17.8. The molecule has 4 rings (SSSR count). The molecule has 1 fully saturated rings. The second kappa shape index (κ2) is 6.95. The number of fused-ring (bicyclic) bond motifs is 1. The number of anilines is 1. The highest BCUT2D eigenvalue weighted by Crippen LogP contribution is 2.28. The van der Waals surface area contributed by atoms with E-state index in [4.69, 9.17) is 9.15 Å². The highest BCUT2D eigenvalue weighted by molar-refractivity contribution is 5.78. The van der Waals surface area contributed by atoms with E-state index < -0.39 is 0 Å². The van der Waals surface area contributed by atoms with Crippen molar-refractivity contribution in [1.82, 2.24) is 10.3 Å². The van der Waals surface area contributed by atoms with E-state index in [1.54, 1.807) is 0 Å². The number of ether oxygens (including phenoxy) is 1. The van der Waals surface area contributed by atoms with Crippen LogP contribution in [-0.4, -0.2) is 30.1 Å². The molecule has 1 aliphatic heterocycles. The van der Waals surface area contributed by atoms with Crippen molar-refractivity contribution in [1.29, 1.82) is 0 Å². The fourth-order valence-corrected chi connectivity index (χ4v) is 3.37. The summed E-state index contributed by atoms with van der Waals surface area (Å²) in [6.45, 7) is 7.03. The summed E-state index contributed by atoms with van der Waals surface area (Å²) in [5.74, 6) is 1.50. The largest absolute Gasteiger partial charge is 0.487 e. The van der Waals surface area contributed by atoms with E-state index in [0.717, 1.165) is 41.2 Å². The second-order valence-corrected chi connectivity index (χ2v) is 7.02. The number of oxazole rings is 1. The Kier molecular flexibility index (Phi) is 4.48. The van der Waals surface area contributed by atoms with Crippen molar-refractivity contribution >= 4 is 22.7 Å². The first-order valence-electron chi connectivity index (χ1n) is 9.14. The van der Waals surface area contributed by atoms with Crippen LogP contribution in [0.5, 0.6) is 5.75 Å². The molecule has 1 atom stereocenters. The zero-order chi connectivity index (χ0) is 19.0. The third-order valence-electron chi connectivity index (χ3n) is 4.79. The van der Waals surface area contributed by atoms with Gasteiger partial charge in [-0.25, -0.2) is 4.98 Å². The molecule has 0 radical (unpaired) electrons. The van der Waals surface area contributed by atoms with Gasteiger partial charge in [-0.1, -0.05) is 12.1 Å². The van der Waals surface area contributed by atoms with Crippen LogP contribution in [0, 0.1) is 6.92 Å². The number of rotatable bonds is 5. The van der Waals surface area contributed by atoms with E-state index in [1.165, 1.54) is 6.92 Å². The molecule has 2 heterocycles. The van der Waals surface area contributed by atoms with Gasteiger partial charge in [0.15, 0.2) is 11.5 Å². The lowest BCUT2D eigenvalue weighted by Crippen LogP contribution is -2.54. The van der Waals surface area contributed by atoms with Crippen molar-refractivity contribution in [2.75, 3.05) is 18.0 Å². The van der Waals surface area contributed by atoms with Crippen LogP contribution in [0.4, 0.5) is 5.69 Å². The van der Waals surface area contributed by atoms with Crippen LogP contribution in [0.2, 0.25) is 0 Å². The van der Waals surface area contributed by atoms with Crippen molar-refractivity contribution in [3.05, 3.63) is 53.9 Å².